The molecule has 0 bridgehead atoms. The molecule has 2 aromatic heterocycles. The summed E-state index contributed by atoms with van der Waals surface area (Å²) in [6, 6.07) is -0.345. The number of carbonyl (C=O) groups is 2. The first kappa shape index (κ1) is 71.2. The molecule has 78 heavy (non-hydrogen) atoms. The fraction of sp³-hybridized carbons (Fsp3) is 0.667. The van der Waals surface area contributed by atoms with Gasteiger partial charge in [-0.3, -0.25) is 29.1 Å². The lowest BCUT2D eigenvalue weighted by Gasteiger charge is -2.20. The Morgan fingerprint density at radius 3 is 1.24 bits per heavy atom. The van der Waals surface area contributed by atoms with E-state index in [2.05, 4.69) is 162 Å². The number of aromatic nitrogens is 2. The summed E-state index contributed by atoms with van der Waals surface area (Å²) in [7, 11) is 3.55. The topological polar surface area (TPSA) is 180 Å². The summed E-state index contributed by atoms with van der Waals surface area (Å²) in [5.74, 6) is 4.23. The number of carbonyl (C=O) groups excluding carboxylic acids is 2. The van der Waals surface area contributed by atoms with Gasteiger partial charge < -0.3 is 8.52 Å². The first-order valence-corrected chi connectivity index (χ1v) is 30.8. The zero-order chi connectivity index (χ0) is 61.1. The molecule has 0 spiro atoms. The quantitative estimate of drug-likeness (QED) is 0.218. The van der Waals surface area contributed by atoms with Gasteiger partial charge >= 0.3 is 20.9 Å². The van der Waals surface area contributed by atoms with Crippen LogP contribution < -0.4 is 15.0 Å². The maximum Gasteiger partial charge on any atom is 0.367 e. The molecule has 2 amide bonds. The fourth-order valence-corrected chi connectivity index (χ4v) is 13.4. The number of nitrogens with one attached hydrogen (secondary N) is 1. The van der Waals surface area contributed by atoms with Crippen LogP contribution in [0.25, 0.3) is 0 Å². The van der Waals surface area contributed by atoms with Crippen molar-refractivity contribution in [1.29, 1.82) is 0 Å². The van der Waals surface area contributed by atoms with Gasteiger partial charge in [-0.25, -0.2) is 4.79 Å². The van der Waals surface area contributed by atoms with E-state index in [1.54, 1.807) is 4.57 Å². The van der Waals surface area contributed by atoms with E-state index < -0.39 is 15.1 Å². The molecule has 0 unspecified atom stereocenters. The molecular weight excluding hydrogens is 1040 g/mol. The minimum Gasteiger partial charge on any atom is -0.306 e. The lowest BCUT2D eigenvalue weighted by atomic mass is 9.95. The van der Waals surface area contributed by atoms with E-state index in [-0.39, 0.29) is 39.3 Å². The zero-order valence-electron chi connectivity index (χ0n) is 53.1. The van der Waals surface area contributed by atoms with Gasteiger partial charge in [-0.2, -0.15) is 28.6 Å². The second-order valence-electron chi connectivity index (χ2n) is 23.9. The molecule has 2 aromatic rings. The molecule has 18 heteroatoms. The first-order chi connectivity index (χ1) is 35.6. The van der Waals surface area contributed by atoms with Crippen molar-refractivity contribution in [2.24, 2.45) is 81.7 Å². The first-order valence-electron chi connectivity index (χ1n) is 27.8. The number of amides is 2. The van der Waals surface area contributed by atoms with Crippen LogP contribution in [0.5, 0.6) is 0 Å². The number of rotatable bonds is 12. The highest BCUT2D eigenvalue weighted by Gasteiger charge is 2.43. The normalized spacial score (nSPS) is 16.2. The molecular formula is C60H101N9O6S3. The molecule has 1 N–H and O–H groups in total. The van der Waals surface area contributed by atoms with Gasteiger partial charge in [-0.15, -0.1) is 0 Å². The second-order valence-corrected chi connectivity index (χ2v) is 27.9. The second kappa shape index (κ2) is 30.1. The molecule has 0 aromatic carbocycles. The van der Waals surface area contributed by atoms with Crippen LogP contribution in [0, 0.1) is 47.3 Å². The smallest absolute Gasteiger partial charge is 0.306 e. The van der Waals surface area contributed by atoms with E-state index in [4.69, 9.17) is 0 Å². The SMILES string of the molecule is C=C1N=NC(C(C)C)=C1C(C)C.C=C1NN(C)C(C(C)C)=C1C(C)C.CC(C)C1=C(C(C)C)N(C)S(=O)(=O)C1=O.CC(C)C1=NC(=O)N=C1C(C)C.CC(C)c1c(C(C)C)n(C)sc1=O.CC(C)c1sc(=O)n(C)c1C(C)C. The Hall–Kier alpha value is -4.81. The highest BCUT2D eigenvalue weighted by atomic mass is 32.2. The molecule has 6 rings (SSSR count). The Kier molecular flexibility index (Phi) is 27.5. The van der Waals surface area contributed by atoms with Crippen LogP contribution in [-0.2, 0) is 28.9 Å². The molecule has 15 nitrogen and oxygen atoms in total. The van der Waals surface area contributed by atoms with E-state index in [1.807, 2.05) is 73.4 Å². The molecule has 6 heterocycles. The standard InChI is InChI=1S/C11H20N2.C10H16N2.C10H17NO3S.2C10H17NOS.C9H14N2O/c1-7(2)10-9(5)12-13(6)11(10)8(3)4;1-6(2)9-8(5)11-12-10(9)7(3)4;1-6(2)8-9(7(3)4)11(5)15(13,14)10(8)12;1-6(2)8-9(7(3)4)13-10(12)11(8)5;1-6(2)8-9(7(3)4)11(5)13-10(8)12;1-5(2)7-8(6(3)4)11-9(12)10-7/h7-8,12H,5H2,1-4,6H3;6-7H,5H2,1-4H3;6-7H,1-5H3;2*6-7H,1-5H3;5-6H,1-4H3. The molecule has 4 aliphatic heterocycles. The maximum absolute atomic E-state index is 11.7. The Balaban J connectivity index is 0.000000469. The molecule has 0 saturated heterocycles. The van der Waals surface area contributed by atoms with Gasteiger partial charge in [0.05, 0.1) is 28.5 Å². The third-order valence-electron chi connectivity index (χ3n) is 13.1. The minimum atomic E-state index is -3.77. The predicted molar refractivity (Wildman–Crippen MR) is 331 cm³/mol. The maximum atomic E-state index is 11.7. The number of aliphatic imine (C=N–C) groups is 2. The molecule has 4 aliphatic rings. The number of aryl methyl sites for hydroxylation is 1. The number of nitrogens with zero attached hydrogens (tertiary/aromatic N) is 8. The Morgan fingerprint density at radius 1 is 0.500 bits per heavy atom. The van der Waals surface area contributed by atoms with Gasteiger partial charge in [0.25, 0.3) is 9.86 Å². The van der Waals surface area contributed by atoms with E-state index in [0.29, 0.717) is 58.6 Å². The van der Waals surface area contributed by atoms with Crippen LogP contribution in [0.2, 0.25) is 0 Å². The largest absolute Gasteiger partial charge is 0.367 e. The number of hydrazine groups is 1. The van der Waals surface area contributed by atoms with Crippen LogP contribution in [-0.4, -0.2) is 62.9 Å². The van der Waals surface area contributed by atoms with Crippen molar-refractivity contribution in [3.63, 3.8) is 0 Å². The summed E-state index contributed by atoms with van der Waals surface area (Å²) in [6.07, 6.45) is 0. The average Bonchev–Trinajstić information content (AvgIpc) is 4.13. The number of allylic oxidation sites excluding steroid dienone is 5. The van der Waals surface area contributed by atoms with Crippen molar-refractivity contribution in [3.05, 3.63) is 99.4 Å². The number of hydrogen-bond donors (Lipinski definition) is 1. The number of thiazole rings is 1. The summed E-state index contributed by atoms with van der Waals surface area (Å²) >= 11 is 2.70. The van der Waals surface area contributed by atoms with E-state index in [0.717, 1.165) is 38.4 Å². The monoisotopic (exact) mass is 1140 g/mol. The summed E-state index contributed by atoms with van der Waals surface area (Å²) in [5.41, 5.74) is 16.4. The van der Waals surface area contributed by atoms with Crippen molar-refractivity contribution in [3.8, 4) is 0 Å². The van der Waals surface area contributed by atoms with Gasteiger partial charge in [0.1, 0.15) is 0 Å². The summed E-state index contributed by atoms with van der Waals surface area (Å²) < 4.78 is 28.4. The van der Waals surface area contributed by atoms with Gasteiger partial charge in [-0.1, -0.05) is 191 Å². The number of hydrogen-bond acceptors (Lipinski definition) is 12. The Labute approximate surface area is 479 Å². The van der Waals surface area contributed by atoms with Crippen LogP contribution >= 0.6 is 22.9 Å². The molecule has 0 saturated carbocycles. The third-order valence-corrected chi connectivity index (χ3v) is 16.9. The van der Waals surface area contributed by atoms with Crippen molar-refractivity contribution >= 4 is 55.5 Å². The van der Waals surface area contributed by atoms with Gasteiger partial charge in [-0.05, 0) is 82.5 Å². The molecule has 0 radical (unpaired) electrons. The van der Waals surface area contributed by atoms with E-state index in [1.165, 1.54) is 63.0 Å². The van der Waals surface area contributed by atoms with Crippen LogP contribution in [0.15, 0.2) is 88.2 Å². The summed E-state index contributed by atoms with van der Waals surface area (Å²) in [4.78, 5) is 54.8. The van der Waals surface area contributed by atoms with E-state index >= 15 is 0 Å². The van der Waals surface area contributed by atoms with Crippen molar-refractivity contribution in [1.82, 2.24) is 23.3 Å². The fourth-order valence-electron chi connectivity index (χ4n) is 9.76. The Bertz CT molecular complexity index is 2840. The number of urea groups is 1. The lowest BCUT2D eigenvalue weighted by molar-refractivity contribution is -0.108. The average molecular weight is 1140 g/mol. The number of azo groups is 1. The summed E-state index contributed by atoms with van der Waals surface area (Å²) in [5, 5.41) is 9.47. The van der Waals surface area contributed by atoms with Crippen molar-refractivity contribution in [2.45, 2.75) is 190 Å². The molecule has 440 valence electrons. The Morgan fingerprint density at radius 2 is 0.949 bits per heavy atom. The molecule has 0 aliphatic carbocycles. The van der Waals surface area contributed by atoms with Gasteiger partial charge in [0.2, 0.25) is 0 Å². The van der Waals surface area contributed by atoms with Gasteiger partial charge in [0.15, 0.2) is 0 Å². The minimum absolute atomic E-state index is 0.0358. The molecule has 0 atom stereocenters. The van der Waals surface area contributed by atoms with Crippen LogP contribution in [0.1, 0.15) is 212 Å². The molecule has 0 fully saturated rings. The van der Waals surface area contributed by atoms with Gasteiger partial charge in [0, 0.05) is 78.1 Å². The number of sulfonamides is 1. The van der Waals surface area contributed by atoms with Crippen LogP contribution in [0.4, 0.5) is 4.79 Å². The highest BCUT2D eigenvalue weighted by molar-refractivity contribution is 8.05. The van der Waals surface area contributed by atoms with Crippen molar-refractivity contribution < 1.29 is 18.0 Å². The predicted octanol–water partition coefficient (Wildman–Crippen LogP) is 15.1. The third kappa shape index (κ3) is 17.8. The van der Waals surface area contributed by atoms with E-state index in [9.17, 15) is 27.6 Å². The lowest BCUT2D eigenvalue weighted by Crippen LogP contribution is -2.27. The summed E-state index contributed by atoms with van der Waals surface area (Å²) in [6.45, 7) is 57.8. The zero-order valence-corrected chi connectivity index (χ0v) is 55.5. The van der Waals surface area contributed by atoms with Crippen LogP contribution in [0.3, 0.4) is 0 Å². The van der Waals surface area contributed by atoms with Crippen molar-refractivity contribution in [2.75, 3.05) is 14.1 Å². The highest BCUT2D eigenvalue weighted by Crippen LogP contribution is 2.36.